The molecule has 2 rings (SSSR count). The Kier molecular flexibility index (Phi) is 6.76. The number of carbonyl (C=O) groups excluding carboxylic acids is 3. The molecule has 0 aliphatic heterocycles. The van der Waals surface area contributed by atoms with Crippen LogP contribution in [0.25, 0.3) is 0 Å². The van der Waals surface area contributed by atoms with Crippen molar-refractivity contribution in [3.05, 3.63) is 59.7 Å². The Bertz CT molecular complexity index is 872. The van der Waals surface area contributed by atoms with E-state index in [0.717, 1.165) is 5.56 Å². The summed E-state index contributed by atoms with van der Waals surface area (Å²) in [7, 11) is 0. The SMILES string of the molecule is Cc1cccc(C(=O)Nc2cccc(NC(=O)CNC(=O)OC(C)(C)C)c2)c1. The molecule has 0 saturated heterocycles. The van der Waals surface area contributed by atoms with Gasteiger partial charge in [0.25, 0.3) is 5.91 Å². The van der Waals surface area contributed by atoms with Crippen LogP contribution in [0.4, 0.5) is 16.2 Å². The van der Waals surface area contributed by atoms with Gasteiger partial charge in [0.15, 0.2) is 0 Å². The molecule has 0 heterocycles. The van der Waals surface area contributed by atoms with Crippen molar-refractivity contribution in [1.29, 1.82) is 0 Å². The molecule has 3 N–H and O–H groups in total. The minimum Gasteiger partial charge on any atom is -0.444 e. The molecule has 7 heteroatoms. The highest BCUT2D eigenvalue weighted by molar-refractivity contribution is 6.04. The standard InChI is InChI=1S/C21H25N3O4/c1-14-7-5-8-15(11-14)19(26)24-17-10-6-9-16(12-17)23-18(25)13-22-20(27)28-21(2,3)4/h5-12H,13H2,1-4H3,(H,22,27)(H,23,25)(H,24,26). The van der Waals surface area contributed by atoms with E-state index in [9.17, 15) is 14.4 Å². The van der Waals surface area contributed by atoms with E-state index < -0.39 is 17.6 Å². The van der Waals surface area contributed by atoms with Crippen molar-refractivity contribution in [1.82, 2.24) is 5.32 Å². The van der Waals surface area contributed by atoms with Gasteiger partial charge in [0.1, 0.15) is 12.1 Å². The van der Waals surface area contributed by atoms with Crippen molar-refractivity contribution >= 4 is 29.3 Å². The van der Waals surface area contributed by atoms with Crippen LogP contribution in [0, 0.1) is 6.92 Å². The Morgan fingerprint density at radius 2 is 1.57 bits per heavy atom. The van der Waals surface area contributed by atoms with E-state index in [2.05, 4.69) is 16.0 Å². The van der Waals surface area contributed by atoms with Gasteiger partial charge in [0.05, 0.1) is 0 Å². The predicted molar refractivity (Wildman–Crippen MR) is 108 cm³/mol. The highest BCUT2D eigenvalue weighted by Gasteiger charge is 2.16. The van der Waals surface area contributed by atoms with E-state index in [-0.39, 0.29) is 12.5 Å². The number of aryl methyl sites for hydroxylation is 1. The molecular formula is C21H25N3O4. The van der Waals surface area contributed by atoms with Gasteiger partial charge in [-0.25, -0.2) is 4.79 Å². The first kappa shape index (κ1) is 21.0. The first-order valence-corrected chi connectivity index (χ1v) is 8.87. The molecule has 148 valence electrons. The van der Waals surface area contributed by atoms with E-state index >= 15 is 0 Å². The maximum atomic E-state index is 12.3. The molecule has 0 bridgehead atoms. The van der Waals surface area contributed by atoms with Gasteiger partial charge < -0.3 is 20.7 Å². The maximum Gasteiger partial charge on any atom is 0.408 e. The summed E-state index contributed by atoms with van der Waals surface area (Å²) in [6.07, 6.45) is -0.665. The van der Waals surface area contributed by atoms with E-state index in [1.54, 1.807) is 57.2 Å². The predicted octanol–water partition coefficient (Wildman–Crippen LogP) is 3.71. The fourth-order valence-electron chi connectivity index (χ4n) is 2.34. The first-order chi connectivity index (χ1) is 13.1. The van der Waals surface area contributed by atoms with Gasteiger partial charge in [-0.05, 0) is 58.0 Å². The zero-order valence-corrected chi connectivity index (χ0v) is 16.5. The summed E-state index contributed by atoms with van der Waals surface area (Å²) in [6.45, 7) is 6.91. The molecule has 0 unspecified atom stereocenters. The summed E-state index contributed by atoms with van der Waals surface area (Å²) in [5.74, 6) is -0.646. The smallest absolute Gasteiger partial charge is 0.408 e. The minimum absolute atomic E-state index is 0.227. The minimum atomic E-state index is -0.665. The molecule has 28 heavy (non-hydrogen) atoms. The van der Waals surface area contributed by atoms with Crippen LogP contribution in [0.2, 0.25) is 0 Å². The van der Waals surface area contributed by atoms with Gasteiger partial charge in [-0.15, -0.1) is 0 Å². The monoisotopic (exact) mass is 383 g/mol. The van der Waals surface area contributed by atoms with Crippen LogP contribution in [0.1, 0.15) is 36.7 Å². The number of ether oxygens (including phenoxy) is 1. The van der Waals surface area contributed by atoms with E-state index in [1.807, 2.05) is 19.1 Å². The summed E-state index contributed by atoms with van der Waals surface area (Å²) in [6, 6.07) is 14.0. The van der Waals surface area contributed by atoms with Gasteiger partial charge >= 0.3 is 6.09 Å². The van der Waals surface area contributed by atoms with Crippen LogP contribution in [0.5, 0.6) is 0 Å². The second-order valence-corrected chi connectivity index (χ2v) is 7.31. The average molecular weight is 383 g/mol. The molecule has 0 atom stereocenters. The third-order valence-corrected chi connectivity index (χ3v) is 3.48. The van der Waals surface area contributed by atoms with Crippen molar-refractivity contribution in [2.45, 2.75) is 33.3 Å². The number of amides is 3. The molecule has 0 aromatic heterocycles. The molecule has 0 saturated carbocycles. The number of hydrogen-bond acceptors (Lipinski definition) is 4. The van der Waals surface area contributed by atoms with E-state index in [0.29, 0.717) is 16.9 Å². The molecule has 0 radical (unpaired) electrons. The Morgan fingerprint density at radius 3 is 2.21 bits per heavy atom. The number of hydrogen-bond donors (Lipinski definition) is 3. The Hall–Kier alpha value is -3.35. The Balaban J connectivity index is 1.91. The van der Waals surface area contributed by atoms with Crippen LogP contribution >= 0.6 is 0 Å². The molecule has 0 aliphatic carbocycles. The van der Waals surface area contributed by atoms with Crippen molar-refractivity contribution in [2.75, 3.05) is 17.2 Å². The quantitative estimate of drug-likeness (QED) is 0.733. The normalized spacial score (nSPS) is 10.7. The fraction of sp³-hybridized carbons (Fsp3) is 0.286. The molecule has 3 amide bonds. The molecule has 2 aromatic carbocycles. The van der Waals surface area contributed by atoms with Crippen LogP contribution in [0.3, 0.4) is 0 Å². The van der Waals surface area contributed by atoms with Crippen molar-refractivity contribution in [3.63, 3.8) is 0 Å². The van der Waals surface area contributed by atoms with Gasteiger partial charge in [-0.3, -0.25) is 9.59 Å². The van der Waals surface area contributed by atoms with Crippen LogP contribution < -0.4 is 16.0 Å². The molecule has 7 nitrogen and oxygen atoms in total. The van der Waals surface area contributed by atoms with E-state index in [4.69, 9.17) is 4.74 Å². The summed E-state index contributed by atoms with van der Waals surface area (Å²) in [5, 5.41) is 7.85. The third-order valence-electron chi connectivity index (χ3n) is 3.48. The zero-order valence-electron chi connectivity index (χ0n) is 16.5. The Labute approximate surface area is 164 Å². The highest BCUT2D eigenvalue weighted by atomic mass is 16.6. The third kappa shape index (κ3) is 7.11. The van der Waals surface area contributed by atoms with Gasteiger partial charge in [-0.2, -0.15) is 0 Å². The topological polar surface area (TPSA) is 96.5 Å². The number of benzene rings is 2. The lowest BCUT2D eigenvalue weighted by molar-refractivity contribution is -0.115. The van der Waals surface area contributed by atoms with Crippen LogP contribution in [-0.4, -0.2) is 30.1 Å². The van der Waals surface area contributed by atoms with Crippen LogP contribution in [0.15, 0.2) is 48.5 Å². The van der Waals surface area contributed by atoms with Crippen molar-refractivity contribution in [3.8, 4) is 0 Å². The number of alkyl carbamates (subject to hydrolysis) is 1. The molecule has 0 spiro atoms. The number of anilines is 2. The zero-order chi connectivity index (χ0) is 20.7. The lowest BCUT2D eigenvalue weighted by Crippen LogP contribution is -2.37. The van der Waals surface area contributed by atoms with E-state index in [1.165, 1.54) is 0 Å². The highest BCUT2D eigenvalue weighted by Crippen LogP contribution is 2.16. The lowest BCUT2D eigenvalue weighted by Gasteiger charge is -2.19. The van der Waals surface area contributed by atoms with Gasteiger partial charge in [0, 0.05) is 16.9 Å². The van der Waals surface area contributed by atoms with Crippen LogP contribution in [-0.2, 0) is 9.53 Å². The Morgan fingerprint density at radius 1 is 0.929 bits per heavy atom. The fourth-order valence-corrected chi connectivity index (χ4v) is 2.34. The summed E-state index contributed by atoms with van der Waals surface area (Å²) >= 11 is 0. The molecule has 0 aliphatic rings. The molecule has 2 aromatic rings. The summed E-state index contributed by atoms with van der Waals surface area (Å²) < 4.78 is 5.07. The second kappa shape index (κ2) is 9.03. The number of carbonyl (C=O) groups is 3. The van der Waals surface area contributed by atoms with Gasteiger partial charge in [-0.1, -0.05) is 23.8 Å². The summed E-state index contributed by atoms with van der Waals surface area (Å²) in [4.78, 5) is 35.9. The molecular weight excluding hydrogens is 358 g/mol. The lowest BCUT2D eigenvalue weighted by atomic mass is 10.1. The van der Waals surface area contributed by atoms with Gasteiger partial charge in [0.2, 0.25) is 5.91 Å². The molecule has 0 fully saturated rings. The van der Waals surface area contributed by atoms with Crippen molar-refractivity contribution < 1.29 is 19.1 Å². The van der Waals surface area contributed by atoms with Crippen molar-refractivity contribution in [2.24, 2.45) is 0 Å². The first-order valence-electron chi connectivity index (χ1n) is 8.87. The second-order valence-electron chi connectivity index (χ2n) is 7.31. The number of rotatable bonds is 5. The summed E-state index contributed by atoms with van der Waals surface area (Å²) in [5.41, 5.74) is 1.95. The maximum absolute atomic E-state index is 12.3. The average Bonchev–Trinajstić information content (AvgIpc) is 2.59. The largest absolute Gasteiger partial charge is 0.444 e. The number of nitrogens with one attached hydrogen (secondary N) is 3.